The van der Waals surface area contributed by atoms with Crippen LogP contribution in [-0.2, 0) is 0 Å². The first-order valence-corrected chi connectivity index (χ1v) is 10.2. The fraction of sp³-hybridized carbons (Fsp3) is 0.286. The highest BCUT2D eigenvalue weighted by Crippen LogP contribution is 2.45. The van der Waals surface area contributed by atoms with Crippen molar-refractivity contribution in [2.24, 2.45) is 5.73 Å². The maximum atomic E-state index is 14.3. The molecule has 3 N–H and O–H groups in total. The van der Waals surface area contributed by atoms with E-state index in [1.165, 1.54) is 10.0 Å². The summed E-state index contributed by atoms with van der Waals surface area (Å²) in [5.41, 5.74) is 7.79. The summed E-state index contributed by atoms with van der Waals surface area (Å²) in [6.07, 6.45) is 5.90. The van der Waals surface area contributed by atoms with E-state index in [9.17, 15) is 18.7 Å². The number of aldehydes is 1. The van der Waals surface area contributed by atoms with Gasteiger partial charge >= 0.3 is 5.65 Å². The fourth-order valence-corrected chi connectivity index (χ4v) is 4.92. The van der Waals surface area contributed by atoms with Crippen LogP contribution in [0.15, 0.2) is 36.4 Å². The standard InChI is InChI=1S/C21H20FN3O3S/c22-29-25-19(15-9-5-4-8-14(15)12-26)18(13-6-2-1-3-7-13)16-10-11-17(20(23)27)24(28)21(16)25/h4-5,8-13H,1-3,6-7H2,(H2-,23,27,28)/p+1. The smallest absolute Gasteiger partial charge is 0.343 e. The Labute approximate surface area is 171 Å². The quantitative estimate of drug-likeness (QED) is 0.372. The molecule has 29 heavy (non-hydrogen) atoms. The number of hydrogen-bond acceptors (Lipinski definition) is 4. The van der Waals surface area contributed by atoms with Crippen molar-refractivity contribution in [3.63, 3.8) is 0 Å². The van der Waals surface area contributed by atoms with Crippen molar-refractivity contribution >= 4 is 35.6 Å². The van der Waals surface area contributed by atoms with Crippen LogP contribution in [0.5, 0.6) is 0 Å². The number of pyridine rings is 1. The van der Waals surface area contributed by atoms with Gasteiger partial charge in [0.2, 0.25) is 5.69 Å². The summed E-state index contributed by atoms with van der Waals surface area (Å²) in [5, 5.41) is 11.3. The molecule has 2 heterocycles. The van der Waals surface area contributed by atoms with Crippen molar-refractivity contribution in [3.05, 3.63) is 53.2 Å². The summed E-state index contributed by atoms with van der Waals surface area (Å²) in [4.78, 5) is 23.4. The Morgan fingerprint density at radius 1 is 1.21 bits per heavy atom. The zero-order chi connectivity index (χ0) is 20.5. The molecule has 1 fully saturated rings. The lowest BCUT2D eigenvalue weighted by atomic mass is 9.81. The van der Waals surface area contributed by atoms with E-state index in [1.54, 1.807) is 30.3 Å². The van der Waals surface area contributed by atoms with Gasteiger partial charge in [-0.25, -0.2) is 0 Å². The third-order valence-electron chi connectivity index (χ3n) is 5.70. The van der Waals surface area contributed by atoms with E-state index in [4.69, 9.17) is 5.73 Å². The van der Waals surface area contributed by atoms with Gasteiger partial charge in [0.05, 0.1) is 5.39 Å². The first-order chi connectivity index (χ1) is 14.1. The molecule has 0 aliphatic heterocycles. The highest BCUT2D eigenvalue weighted by molar-refractivity contribution is 7.93. The summed E-state index contributed by atoms with van der Waals surface area (Å²) in [6.45, 7) is 0. The Morgan fingerprint density at radius 2 is 1.93 bits per heavy atom. The Bertz CT molecular complexity index is 1110. The SMILES string of the molecule is NC(=O)c1ccc2c(C3CCCCC3)c(-c3ccccc3C=O)n(SF)c2[n+]1O. The van der Waals surface area contributed by atoms with Crippen molar-refractivity contribution in [1.29, 1.82) is 0 Å². The van der Waals surface area contributed by atoms with Gasteiger partial charge in [-0.1, -0.05) is 37.5 Å². The minimum Gasteiger partial charge on any atom is -0.362 e. The molecular formula is C21H21FN3O3S+. The van der Waals surface area contributed by atoms with E-state index < -0.39 is 5.91 Å². The second kappa shape index (κ2) is 7.87. The zero-order valence-electron chi connectivity index (χ0n) is 15.7. The Kier molecular flexibility index (Phi) is 5.27. The third kappa shape index (κ3) is 3.17. The van der Waals surface area contributed by atoms with Gasteiger partial charge in [-0.3, -0.25) is 9.59 Å². The molecule has 3 aromatic rings. The van der Waals surface area contributed by atoms with Crippen LogP contribution in [0.1, 0.15) is 64.4 Å². The highest BCUT2D eigenvalue weighted by Gasteiger charge is 2.36. The second-order valence-corrected chi connectivity index (χ2v) is 7.80. The molecule has 1 amide bonds. The monoisotopic (exact) mass is 414 g/mol. The first-order valence-electron chi connectivity index (χ1n) is 9.54. The van der Waals surface area contributed by atoms with Gasteiger partial charge in [0, 0.05) is 16.7 Å². The lowest BCUT2D eigenvalue weighted by molar-refractivity contribution is -0.887. The van der Waals surface area contributed by atoms with Gasteiger partial charge in [-0.2, -0.15) is 0 Å². The van der Waals surface area contributed by atoms with E-state index in [1.807, 2.05) is 0 Å². The lowest BCUT2D eigenvalue weighted by Gasteiger charge is -2.22. The van der Waals surface area contributed by atoms with E-state index in [0.29, 0.717) is 26.9 Å². The molecule has 0 unspecified atom stereocenters. The van der Waals surface area contributed by atoms with Gasteiger partial charge in [0.25, 0.3) is 18.2 Å². The van der Waals surface area contributed by atoms with E-state index >= 15 is 0 Å². The van der Waals surface area contributed by atoms with Crippen LogP contribution in [0, 0.1) is 0 Å². The summed E-state index contributed by atoms with van der Waals surface area (Å²) in [6, 6.07) is 10.1. The number of amides is 1. The highest BCUT2D eigenvalue weighted by atomic mass is 32.2. The van der Waals surface area contributed by atoms with Crippen LogP contribution in [0.25, 0.3) is 22.3 Å². The van der Waals surface area contributed by atoms with E-state index in [2.05, 4.69) is 0 Å². The Balaban J connectivity index is 2.13. The molecule has 0 atom stereocenters. The Hall–Kier alpha value is -2.87. The first kappa shape index (κ1) is 19.4. The minimum atomic E-state index is -0.819. The maximum Gasteiger partial charge on any atom is 0.343 e. The van der Waals surface area contributed by atoms with E-state index in [-0.39, 0.29) is 29.6 Å². The van der Waals surface area contributed by atoms with Crippen molar-refractivity contribution in [2.45, 2.75) is 38.0 Å². The van der Waals surface area contributed by atoms with E-state index in [0.717, 1.165) is 44.0 Å². The molecule has 8 heteroatoms. The van der Waals surface area contributed by atoms with Crippen LogP contribution in [0.3, 0.4) is 0 Å². The van der Waals surface area contributed by atoms with Crippen LogP contribution < -0.4 is 10.5 Å². The maximum absolute atomic E-state index is 14.3. The zero-order valence-corrected chi connectivity index (χ0v) is 16.5. The molecule has 1 aliphatic carbocycles. The molecule has 1 aliphatic rings. The van der Waals surface area contributed by atoms with Crippen molar-refractivity contribution in [1.82, 2.24) is 3.97 Å². The number of aromatic nitrogens is 2. The number of benzene rings is 1. The van der Waals surface area contributed by atoms with Crippen LogP contribution in [-0.4, -0.2) is 21.4 Å². The predicted molar refractivity (Wildman–Crippen MR) is 109 cm³/mol. The normalized spacial score (nSPS) is 14.9. The van der Waals surface area contributed by atoms with Crippen molar-refractivity contribution in [3.8, 4) is 11.3 Å². The number of hydrogen-bond donors (Lipinski definition) is 2. The average Bonchev–Trinajstić information content (AvgIpc) is 3.09. The number of rotatable bonds is 5. The number of nitrogens with two attached hydrogens (primary N) is 1. The molecule has 2 aromatic heterocycles. The molecule has 4 rings (SSSR count). The van der Waals surface area contributed by atoms with Crippen LogP contribution >= 0.6 is 12.3 Å². The second-order valence-electron chi connectivity index (χ2n) is 7.30. The summed E-state index contributed by atoms with van der Waals surface area (Å²) in [5.74, 6) is -0.658. The number of primary amides is 1. The Morgan fingerprint density at radius 3 is 2.59 bits per heavy atom. The molecule has 150 valence electrons. The predicted octanol–water partition coefficient (Wildman–Crippen LogP) is 4.17. The largest absolute Gasteiger partial charge is 0.362 e. The van der Waals surface area contributed by atoms with Gasteiger partial charge in [0.15, 0.2) is 12.0 Å². The lowest BCUT2D eigenvalue weighted by Crippen LogP contribution is -2.41. The summed E-state index contributed by atoms with van der Waals surface area (Å²) in [7, 11) is 0. The topological polar surface area (TPSA) is 89.2 Å². The number of nitrogens with zero attached hydrogens (tertiary/aromatic N) is 2. The third-order valence-corrected chi connectivity index (χ3v) is 6.19. The molecule has 0 spiro atoms. The molecule has 1 saturated carbocycles. The molecule has 1 aromatic carbocycles. The molecule has 6 nitrogen and oxygen atoms in total. The molecular weight excluding hydrogens is 393 g/mol. The van der Waals surface area contributed by atoms with Gasteiger partial charge in [-0.15, -0.1) is 7.86 Å². The van der Waals surface area contributed by atoms with Crippen LogP contribution in [0.4, 0.5) is 3.89 Å². The number of fused-ring (bicyclic) bond motifs is 1. The fourth-order valence-electron chi connectivity index (χ4n) is 4.41. The molecule has 0 bridgehead atoms. The van der Waals surface area contributed by atoms with Crippen molar-refractivity contribution < 1.29 is 23.4 Å². The van der Waals surface area contributed by atoms with Gasteiger partial charge in [0.1, 0.15) is 0 Å². The van der Waals surface area contributed by atoms with Crippen molar-refractivity contribution in [2.75, 3.05) is 0 Å². The van der Waals surface area contributed by atoms with Gasteiger partial charge in [-0.05, 0) is 41.7 Å². The van der Waals surface area contributed by atoms with Crippen LogP contribution in [0.2, 0.25) is 0 Å². The average molecular weight is 414 g/mol. The molecule has 0 radical (unpaired) electrons. The summed E-state index contributed by atoms with van der Waals surface area (Å²) < 4.78 is 16.2. The minimum absolute atomic E-state index is 0.0739. The molecule has 0 saturated heterocycles. The number of carbonyl (C=O) groups excluding carboxylic acids is 2. The van der Waals surface area contributed by atoms with Gasteiger partial charge < -0.3 is 10.9 Å². The number of carbonyl (C=O) groups is 2. The number of halogens is 1. The summed E-state index contributed by atoms with van der Waals surface area (Å²) >= 11 is -0.0739.